The van der Waals surface area contributed by atoms with E-state index in [-0.39, 0.29) is 17.5 Å². The molecule has 88 valence electrons. The zero-order valence-electron chi connectivity index (χ0n) is 9.02. The Hall–Kier alpha value is -1.13. The van der Waals surface area contributed by atoms with Crippen molar-refractivity contribution in [2.75, 3.05) is 13.1 Å². The summed E-state index contributed by atoms with van der Waals surface area (Å²) in [5.41, 5.74) is 0.644. The molecule has 1 aromatic carbocycles. The molecule has 0 aliphatic rings. The number of nitrogens with one attached hydrogen (secondary N) is 2. The van der Waals surface area contributed by atoms with E-state index >= 15 is 0 Å². The third-order valence-electron chi connectivity index (χ3n) is 2.01. The lowest BCUT2D eigenvalue weighted by atomic mass is 10.2. The SMILES string of the molecule is CCNC(=O)CNCc1cccc(F)c1Cl. The van der Waals surface area contributed by atoms with E-state index in [1.54, 1.807) is 12.1 Å². The Bertz CT molecular complexity index is 371. The van der Waals surface area contributed by atoms with Gasteiger partial charge in [0.25, 0.3) is 0 Å². The lowest BCUT2D eigenvalue weighted by Crippen LogP contribution is -2.33. The van der Waals surface area contributed by atoms with Crippen LogP contribution in [0.3, 0.4) is 0 Å². The third kappa shape index (κ3) is 3.79. The van der Waals surface area contributed by atoms with Crippen LogP contribution in [-0.2, 0) is 11.3 Å². The first-order chi connectivity index (χ1) is 7.65. The highest BCUT2D eigenvalue weighted by Crippen LogP contribution is 2.18. The minimum Gasteiger partial charge on any atom is -0.355 e. The molecule has 0 atom stereocenters. The van der Waals surface area contributed by atoms with Gasteiger partial charge in [-0.25, -0.2) is 4.39 Å². The van der Waals surface area contributed by atoms with Crippen LogP contribution in [0.4, 0.5) is 4.39 Å². The third-order valence-corrected chi connectivity index (χ3v) is 2.43. The van der Waals surface area contributed by atoms with Gasteiger partial charge in [0, 0.05) is 13.1 Å². The second-order valence-corrected chi connectivity index (χ2v) is 3.65. The predicted octanol–water partition coefficient (Wildman–Crippen LogP) is 1.70. The van der Waals surface area contributed by atoms with Crippen molar-refractivity contribution in [2.24, 2.45) is 0 Å². The van der Waals surface area contributed by atoms with Gasteiger partial charge in [-0.1, -0.05) is 23.7 Å². The fraction of sp³-hybridized carbons (Fsp3) is 0.364. The monoisotopic (exact) mass is 244 g/mol. The zero-order valence-corrected chi connectivity index (χ0v) is 9.77. The van der Waals surface area contributed by atoms with Crippen molar-refractivity contribution in [1.82, 2.24) is 10.6 Å². The maximum atomic E-state index is 13.0. The number of halogens is 2. The molecule has 0 aliphatic heterocycles. The van der Waals surface area contributed by atoms with Crippen LogP contribution in [0.5, 0.6) is 0 Å². The molecule has 5 heteroatoms. The van der Waals surface area contributed by atoms with E-state index in [1.165, 1.54) is 6.07 Å². The fourth-order valence-electron chi connectivity index (χ4n) is 1.26. The van der Waals surface area contributed by atoms with Crippen LogP contribution in [0.25, 0.3) is 0 Å². The Kier molecular flexibility index (Phi) is 5.22. The summed E-state index contributed by atoms with van der Waals surface area (Å²) in [6.07, 6.45) is 0. The molecule has 0 spiro atoms. The van der Waals surface area contributed by atoms with Gasteiger partial charge in [-0.2, -0.15) is 0 Å². The molecule has 0 aliphatic carbocycles. The van der Waals surface area contributed by atoms with E-state index in [4.69, 9.17) is 11.6 Å². The molecule has 0 aromatic heterocycles. The molecule has 1 rings (SSSR count). The van der Waals surface area contributed by atoms with Gasteiger partial charge in [-0.15, -0.1) is 0 Å². The van der Waals surface area contributed by atoms with Crippen molar-refractivity contribution in [2.45, 2.75) is 13.5 Å². The van der Waals surface area contributed by atoms with Gasteiger partial charge < -0.3 is 10.6 Å². The highest BCUT2D eigenvalue weighted by molar-refractivity contribution is 6.31. The van der Waals surface area contributed by atoms with Gasteiger partial charge in [0.2, 0.25) is 5.91 Å². The number of amides is 1. The Morgan fingerprint density at radius 1 is 1.50 bits per heavy atom. The molecule has 0 heterocycles. The molecular formula is C11H14ClFN2O. The molecule has 16 heavy (non-hydrogen) atoms. The lowest BCUT2D eigenvalue weighted by Gasteiger charge is -2.07. The number of rotatable bonds is 5. The van der Waals surface area contributed by atoms with Gasteiger partial charge in [0.05, 0.1) is 11.6 Å². The summed E-state index contributed by atoms with van der Waals surface area (Å²) in [6.45, 7) is 3.01. The molecule has 1 aromatic rings. The van der Waals surface area contributed by atoms with Gasteiger partial charge in [-0.3, -0.25) is 4.79 Å². The van der Waals surface area contributed by atoms with Gasteiger partial charge in [0.1, 0.15) is 5.82 Å². The van der Waals surface area contributed by atoms with Crippen LogP contribution in [0.1, 0.15) is 12.5 Å². The molecule has 0 bridgehead atoms. The molecule has 0 unspecified atom stereocenters. The molecule has 3 nitrogen and oxygen atoms in total. The largest absolute Gasteiger partial charge is 0.355 e. The topological polar surface area (TPSA) is 41.1 Å². The zero-order chi connectivity index (χ0) is 12.0. The van der Waals surface area contributed by atoms with E-state index in [1.807, 2.05) is 6.92 Å². The molecule has 0 fully saturated rings. The smallest absolute Gasteiger partial charge is 0.233 e. The number of hydrogen-bond acceptors (Lipinski definition) is 2. The molecular weight excluding hydrogens is 231 g/mol. The maximum Gasteiger partial charge on any atom is 0.233 e. The van der Waals surface area contributed by atoms with Crippen molar-refractivity contribution in [3.8, 4) is 0 Å². The standard InChI is InChI=1S/C11H14ClFN2O/c1-2-15-10(16)7-14-6-8-4-3-5-9(13)11(8)12/h3-5,14H,2,6-7H2,1H3,(H,15,16). The fourth-order valence-corrected chi connectivity index (χ4v) is 1.45. The summed E-state index contributed by atoms with van der Waals surface area (Å²) in [5.74, 6) is -0.533. The molecule has 0 radical (unpaired) electrons. The number of benzene rings is 1. The highest BCUT2D eigenvalue weighted by atomic mass is 35.5. The molecule has 2 N–H and O–H groups in total. The van der Waals surface area contributed by atoms with E-state index in [9.17, 15) is 9.18 Å². The molecule has 0 saturated heterocycles. The summed E-state index contributed by atoms with van der Waals surface area (Å²) in [7, 11) is 0. The van der Waals surface area contributed by atoms with Crippen LogP contribution >= 0.6 is 11.6 Å². The lowest BCUT2D eigenvalue weighted by molar-refractivity contribution is -0.120. The van der Waals surface area contributed by atoms with E-state index in [0.717, 1.165) is 0 Å². The van der Waals surface area contributed by atoms with E-state index in [2.05, 4.69) is 10.6 Å². The van der Waals surface area contributed by atoms with Gasteiger partial charge in [0.15, 0.2) is 0 Å². The van der Waals surface area contributed by atoms with Gasteiger partial charge >= 0.3 is 0 Å². The Balaban J connectivity index is 2.43. The normalized spacial score (nSPS) is 10.2. The van der Waals surface area contributed by atoms with Crippen molar-refractivity contribution in [1.29, 1.82) is 0 Å². The Morgan fingerprint density at radius 2 is 2.25 bits per heavy atom. The second-order valence-electron chi connectivity index (χ2n) is 3.27. The average Bonchev–Trinajstić information content (AvgIpc) is 2.25. The van der Waals surface area contributed by atoms with Crippen LogP contribution in [0.2, 0.25) is 5.02 Å². The van der Waals surface area contributed by atoms with Crippen LogP contribution in [-0.4, -0.2) is 19.0 Å². The highest BCUT2D eigenvalue weighted by Gasteiger charge is 2.05. The van der Waals surface area contributed by atoms with Crippen molar-refractivity contribution in [3.63, 3.8) is 0 Å². The number of likely N-dealkylation sites (N-methyl/N-ethyl adjacent to an activating group) is 1. The average molecular weight is 245 g/mol. The summed E-state index contributed by atoms with van der Waals surface area (Å²) >= 11 is 5.75. The maximum absolute atomic E-state index is 13.0. The van der Waals surface area contributed by atoms with E-state index in [0.29, 0.717) is 18.7 Å². The van der Waals surface area contributed by atoms with Crippen molar-refractivity contribution < 1.29 is 9.18 Å². The van der Waals surface area contributed by atoms with Gasteiger partial charge in [-0.05, 0) is 18.6 Å². The summed E-state index contributed by atoms with van der Waals surface area (Å²) < 4.78 is 13.0. The second kappa shape index (κ2) is 6.45. The van der Waals surface area contributed by atoms with Crippen molar-refractivity contribution in [3.05, 3.63) is 34.6 Å². The summed E-state index contributed by atoms with van der Waals surface area (Å²) in [4.78, 5) is 11.1. The van der Waals surface area contributed by atoms with Crippen LogP contribution in [0.15, 0.2) is 18.2 Å². The Labute approximate surface area is 99.0 Å². The van der Waals surface area contributed by atoms with Crippen LogP contribution < -0.4 is 10.6 Å². The molecule has 0 saturated carbocycles. The number of carbonyl (C=O) groups is 1. The quantitative estimate of drug-likeness (QED) is 0.828. The van der Waals surface area contributed by atoms with E-state index < -0.39 is 5.82 Å². The first-order valence-corrected chi connectivity index (χ1v) is 5.43. The molecule has 1 amide bonds. The van der Waals surface area contributed by atoms with Crippen molar-refractivity contribution >= 4 is 17.5 Å². The minimum absolute atomic E-state index is 0.0879. The first kappa shape index (κ1) is 12.9. The minimum atomic E-state index is -0.445. The number of carbonyl (C=O) groups excluding carboxylic acids is 1. The number of hydrogen-bond donors (Lipinski definition) is 2. The first-order valence-electron chi connectivity index (χ1n) is 5.05. The summed E-state index contributed by atoms with van der Waals surface area (Å²) in [6, 6.07) is 4.61. The Morgan fingerprint density at radius 3 is 2.94 bits per heavy atom. The summed E-state index contributed by atoms with van der Waals surface area (Å²) in [5, 5.41) is 5.64. The predicted molar refractivity (Wildman–Crippen MR) is 61.8 cm³/mol. The van der Waals surface area contributed by atoms with Crippen LogP contribution in [0, 0.1) is 5.82 Å².